The van der Waals surface area contributed by atoms with Gasteiger partial charge in [0.05, 0.1) is 6.21 Å². The van der Waals surface area contributed by atoms with Crippen LogP contribution in [0.1, 0.15) is 18.1 Å². The van der Waals surface area contributed by atoms with Crippen molar-refractivity contribution in [2.75, 3.05) is 5.32 Å². The quantitative estimate of drug-likeness (QED) is 0.631. The van der Waals surface area contributed by atoms with Crippen LogP contribution in [0.15, 0.2) is 58.1 Å². The second-order valence-corrected chi connectivity index (χ2v) is 5.93. The van der Waals surface area contributed by atoms with E-state index in [1.165, 1.54) is 5.56 Å². The summed E-state index contributed by atoms with van der Waals surface area (Å²) in [6.07, 6.45) is 1.61. The largest absolute Gasteiger partial charge is 0.374 e. The molecule has 0 aliphatic heterocycles. The van der Waals surface area contributed by atoms with Crippen molar-refractivity contribution < 1.29 is 4.79 Å². The van der Waals surface area contributed by atoms with Gasteiger partial charge in [-0.25, -0.2) is 5.43 Å². The monoisotopic (exact) mass is 359 g/mol. The van der Waals surface area contributed by atoms with E-state index in [-0.39, 0.29) is 11.9 Å². The van der Waals surface area contributed by atoms with E-state index in [1.54, 1.807) is 13.1 Å². The van der Waals surface area contributed by atoms with Crippen molar-refractivity contribution in [2.24, 2.45) is 5.10 Å². The van der Waals surface area contributed by atoms with E-state index >= 15 is 0 Å². The fraction of sp³-hybridized carbons (Fsp3) is 0.176. The Morgan fingerprint density at radius 1 is 1.14 bits per heavy atom. The zero-order valence-electron chi connectivity index (χ0n) is 12.5. The van der Waals surface area contributed by atoms with Crippen molar-refractivity contribution in [3.05, 3.63) is 64.1 Å². The molecule has 5 heteroatoms. The molecule has 0 fully saturated rings. The first kappa shape index (κ1) is 16.2. The van der Waals surface area contributed by atoms with E-state index in [2.05, 4.69) is 31.8 Å². The van der Waals surface area contributed by atoms with Crippen molar-refractivity contribution in [1.29, 1.82) is 0 Å². The summed E-state index contributed by atoms with van der Waals surface area (Å²) in [4.78, 5) is 12.0. The number of hydrogen-bond donors (Lipinski definition) is 2. The molecule has 114 valence electrons. The van der Waals surface area contributed by atoms with Gasteiger partial charge in [-0.15, -0.1) is 0 Å². The first-order chi connectivity index (χ1) is 10.5. The van der Waals surface area contributed by atoms with Crippen molar-refractivity contribution in [2.45, 2.75) is 19.9 Å². The fourth-order valence-corrected chi connectivity index (χ4v) is 2.05. The van der Waals surface area contributed by atoms with Crippen LogP contribution in [0.3, 0.4) is 0 Å². The van der Waals surface area contributed by atoms with Gasteiger partial charge in [0.1, 0.15) is 6.04 Å². The minimum Gasteiger partial charge on any atom is -0.374 e. The highest BCUT2D eigenvalue weighted by Crippen LogP contribution is 2.10. The number of nitrogens with one attached hydrogen (secondary N) is 2. The molecule has 2 aromatic rings. The first-order valence-corrected chi connectivity index (χ1v) is 7.75. The number of halogens is 1. The van der Waals surface area contributed by atoms with Crippen molar-refractivity contribution in [3.63, 3.8) is 0 Å². The zero-order valence-corrected chi connectivity index (χ0v) is 14.1. The number of amides is 1. The standard InChI is InChI=1S/C17H18BrN3O/c1-12-3-9-16(10-4-12)20-13(2)17(22)21-19-11-14-5-7-15(18)8-6-14/h3-11,13,20H,1-2H3,(H,21,22). The van der Waals surface area contributed by atoms with E-state index in [4.69, 9.17) is 0 Å². The minimum absolute atomic E-state index is 0.186. The maximum atomic E-state index is 12.0. The molecular weight excluding hydrogens is 342 g/mol. The maximum absolute atomic E-state index is 12.0. The van der Waals surface area contributed by atoms with Gasteiger partial charge >= 0.3 is 0 Å². The van der Waals surface area contributed by atoms with Gasteiger partial charge in [-0.3, -0.25) is 4.79 Å². The van der Waals surface area contributed by atoms with Gasteiger partial charge in [-0.1, -0.05) is 45.8 Å². The summed E-state index contributed by atoms with van der Waals surface area (Å²) in [5.41, 5.74) is 5.54. The molecule has 2 N–H and O–H groups in total. The molecule has 0 radical (unpaired) electrons. The molecule has 0 aliphatic carbocycles. The SMILES string of the molecule is Cc1ccc(NC(C)C(=O)NN=Cc2ccc(Br)cc2)cc1. The molecule has 4 nitrogen and oxygen atoms in total. The second-order valence-electron chi connectivity index (χ2n) is 5.02. The zero-order chi connectivity index (χ0) is 15.9. The average Bonchev–Trinajstić information content (AvgIpc) is 2.51. The number of carbonyl (C=O) groups excluding carboxylic acids is 1. The van der Waals surface area contributed by atoms with E-state index in [1.807, 2.05) is 55.5 Å². The summed E-state index contributed by atoms with van der Waals surface area (Å²) in [5.74, 6) is -0.186. The molecule has 0 aliphatic rings. The lowest BCUT2D eigenvalue weighted by Crippen LogP contribution is -2.34. The first-order valence-electron chi connectivity index (χ1n) is 6.96. The molecule has 1 unspecified atom stereocenters. The van der Waals surface area contributed by atoms with Crippen LogP contribution in [0, 0.1) is 6.92 Å². The molecule has 0 saturated heterocycles. The lowest BCUT2D eigenvalue weighted by atomic mass is 10.2. The van der Waals surface area contributed by atoms with E-state index in [9.17, 15) is 4.79 Å². The molecule has 1 amide bonds. The number of anilines is 1. The van der Waals surface area contributed by atoms with Crippen LogP contribution < -0.4 is 10.7 Å². The summed E-state index contributed by atoms with van der Waals surface area (Å²) in [5, 5.41) is 7.10. The number of rotatable bonds is 5. The van der Waals surface area contributed by atoms with Crippen LogP contribution >= 0.6 is 15.9 Å². The third-order valence-corrected chi connectivity index (χ3v) is 3.62. The summed E-state index contributed by atoms with van der Waals surface area (Å²) < 4.78 is 1.00. The lowest BCUT2D eigenvalue weighted by molar-refractivity contribution is -0.121. The van der Waals surface area contributed by atoms with Gasteiger partial charge in [-0.2, -0.15) is 5.10 Å². The second kappa shape index (κ2) is 7.75. The van der Waals surface area contributed by atoms with Crippen molar-refractivity contribution >= 4 is 33.7 Å². The van der Waals surface area contributed by atoms with Gasteiger partial charge in [-0.05, 0) is 43.7 Å². The molecule has 0 bridgehead atoms. The van der Waals surface area contributed by atoms with Crippen LogP contribution in [0.2, 0.25) is 0 Å². The molecule has 0 aromatic heterocycles. The van der Waals surface area contributed by atoms with Gasteiger partial charge in [0.15, 0.2) is 0 Å². The highest BCUT2D eigenvalue weighted by molar-refractivity contribution is 9.10. The van der Waals surface area contributed by atoms with Gasteiger partial charge in [0, 0.05) is 10.2 Å². The topological polar surface area (TPSA) is 53.5 Å². The minimum atomic E-state index is -0.371. The van der Waals surface area contributed by atoms with E-state index in [0.717, 1.165) is 15.7 Å². The Labute approximate surface area is 138 Å². The molecule has 0 spiro atoms. The number of nitrogens with zero attached hydrogens (tertiary/aromatic N) is 1. The van der Waals surface area contributed by atoms with Crippen LogP contribution in [-0.2, 0) is 4.79 Å². The number of hydrogen-bond acceptors (Lipinski definition) is 3. The number of hydrazone groups is 1. The fourth-order valence-electron chi connectivity index (χ4n) is 1.78. The summed E-state index contributed by atoms with van der Waals surface area (Å²) in [6.45, 7) is 3.82. The lowest BCUT2D eigenvalue weighted by Gasteiger charge is -2.13. The highest BCUT2D eigenvalue weighted by Gasteiger charge is 2.11. The third-order valence-electron chi connectivity index (χ3n) is 3.09. The summed E-state index contributed by atoms with van der Waals surface area (Å²) >= 11 is 3.37. The molecular formula is C17H18BrN3O. The number of carbonyl (C=O) groups is 1. The summed E-state index contributed by atoms with van der Waals surface area (Å²) in [7, 11) is 0. The van der Waals surface area contributed by atoms with Crippen molar-refractivity contribution in [1.82, 2.24) is 5.43 Å². The van der Waals surface area contributed by atoms with Crippen LogP contribution in [-0.4, -0.2) is 18.2 Å². The van der Waals surface area contributed by atoms with Gasteiger partial charge < -0.3 is 5.32 Å². The predicted octanol–water partition coefficient (Wildman–Crippen LogP) is 3.71. The van der Waals surface area contributed by atoms with Gasteiger partial charge in [0.2, 0.25) is 0 Å². The Hall–Kier alpha value is -2.14. The summed E-state index contributed by atoms with van der Waals surface area (Å²) in [6, 6.07) is 15.2. The predicted molar refractivity (Wildman–Crippen MR) is 94.1 cm³/mol. The molecule has 1 atom stereocenters. The molecule has 2 aromatic carbocycles. The Morgan fingerprint density at radius 2 is 1.77 bits per heavy atom. The maximum Gasteiger partial charge on any atom is 0.262 e. The number of aryl methyl sites for hydroxylation is 1. The number of benzene rings is 2. The van der Waals surface area contributed by atoms with Crippen LogP contribution in [0.4, 0.5) is 5.69 Å². The average molecular weight is 360 g/mol. The Kier molecular flexibility index (Phi) is 5.72. The smallest absolute Gasteiger partial charge is 0.262 e. The highest BCUT2D eigenvalue weighted by atomic mass is 79.9. The molecule has 2 rings (SSSR count). The Balaban J connectivity index is 1.85. The molecule has 0 saturated carbocycles. The Morgan fingerprint density at radius 3 is 2.41 bits per heavy atom. The normalized spacial score (nSPS) is 12.1. The Bertz CT molecular complexity index is 651. The van der Waals surface area contributed by atoms with Crippen molar-refractivity contribution in [3.8, 4) is 0 Å². The third kappa shape index (κ3) is 5.00. The van der Waals surface area contributed by atoms with Crippen LogP contribution in [0.5, 0.6) is 0 Å². The molecule has 22 heavy (non-hydrogen) atoms. The van der Waals surface area contributed by atoms with E-state index < -0.39 is 0 Å². The van der Waals surface area contributed by atoms with E-state index in [0.29, 0.717) is 0 Å². The van der Waals surface area contributed by atoms with Crippen LogP contribution in [0.25, 0.3) is 0 Å². The van der Waals surface area contributed by atoms with Gasteiger partial charge in [0.25, 0.3) is 5.91 Å². The molecule has 0 heterocycles.